The first-order valence-electron chi connectivity index (χ1n) is 4.38. The first-order chi connectivity index (χ1) is 6.19. The number of hydrogen-bond acceptors (Lipinski definition) is 2. The molecule has 1 aliphatic rings. The first kappa shape index (κ1) is 9.77. The maximum absolute atomic E-state index is 11.2. The van der Waals surface area contributed by atoms with Gasteiger partial charge in [-0.1, -0.05) is 13.5 Å². The van der Waals surface area contributed by atoms with Crippen LogP contribution in [-0.4, -0.2) is 41.4 Å². The van der Waals surface area contributed by atoms with Gasteiger partial charge in [0.25, 0.3) is 0 Å². The highest BCUT2D eigenvalue weighted by atomic mass is 16.2. The summed E-state index contributed by atoms with van der Waals surface area (Å²) in [5.74, 6) is -0.00855. The largest absolute Gasteiger partial charge is 0.323 e. The Balaban J connectivity index is 2.49. The van der Waals surface area contributed by atoms with E-state index < -0.39 is 0 Å². The number of rotatable bonds is 2. The van der Waals surface area contributed by atoms with E-state index in [0.29, 0.717) is 26.2 Å². The van der Waals surface area contributed by atoms with E-state index in [2.05, 4.69) is 6.58 Å². The molecule has 0 radical (unpaired) electrons. The molecule has 72 valence electrons. The van der Waals surface area contributed by atoms with Gasteiger partial charge in [0.15, 0.2) is 0 Å². The topological polar surface area (TPSA) is 40.6 Å². The Labute approximate surface area is 77.8 Å². The van der Waals surface area contributed by atoms with E-state index in [1.54, 1.807) is 9.80 Å². The van der Waals surface area contributed by atoms with Crippen molar-refractivity contribution in [2.24, 2.45) is 0 Å². The van der Waals surface area contributed by atoms with Crippen LogP contribution in [0.25, 0.3) is 0 Å². The molecule has 13 heavy (non-hydrogen) atoms. The van der Waals surface area contributed by atoms with Crippen molar-refractivity contribution >= 4 is 11.8 Å². The molecule has 1 heterocycles. The lowest BCUT2D eigenvalue weighted by Crippen LogP contribution is -2.32. The summed E-state index contributed by atoms with van der Waals surface area (Å²) in [5, 5.41) is 0. The lowest BCUT2D eigenvalue weighted by atomic mass is 10.4. The van der Waals surface area contributed by atoms with Gasteiger partial charge in [0.05, 0.1) is 6.67 Å². The van der Waals surface area contributed by atoms with Crippen molar-refractivity contribution in [3.8, 4) is 0 Å². The zero-order chi connectivity index (χ0) is 9.84. The standard InChI is InChI=1S/C9H14N2O2/c1-3-8(12)10-5-6-11(7-10)9(13)4-2/h3H,1,4-7H2,2H3. The van der Waals surface area contributed by atoms with Gasteiger partial charge < -0.3 is 9.80 Å². The Morgan fingerprint density at radius 1 is 1.38 bits per heavy atom. The second kappa shape index (κ2) is 4.07. The number of amides is 2. The van der Waals surface area contributed by atoms with Crippen molar-refractivity contribution in [1.29, 1.82) is 0 Å². The summed E-state index contributed by atoms with van der Waals surface area (Å²) in [6.45, 7) is 6.90. The maximum atomic E-state index is 11.2. The van der Waals surface area contributed by atoms with Crippen LogP contribution in [0.1, 0.15) is 13.3 Å². The molecule has 1 rings (SSSR count). The van der Waals surface area contributed by atoms with E-state index in [1.165, 1.54) is 6.08 Å². The van der Waals surface area contributed by atoms with E-state index in [4.69, 9.17) is 0 Å². The lowest BCUT2D eigenvalue weighted by molar-refractivity contribution is -0.131. The molecule has 1 fully saturated rings. The maximum Gasteiger partial charge on any atom is 0.247 e. The highest BCUT2D eigenvalue weighted by molar-refractivity contribution is 5.87. The normalized spacial score (nSPS) is 16.1. The molecule has 0 N–H and O–H groups in total. The van der Waals surface area contributed by atoms with Crippen LogP contribution in [0.4, 0.5) is 0 Å². The van der Waals surface area contributed by atoms with Gasteiger partial charge in [0.1, 0.15) is 0 Å². The highest BCUT2D eigenvalue weighted by Crippen LogP contribution is 2.06. The number of nitrogens with zero attached hydrogens (tertiary/aromatic N) is 2. The second-order valence-electron chi connectivity index (χ2n) is 2.96. The molecule has 0 bridgehead atoms. The second-order valence-corrected chi connectivity index (χ2v) is 2.96. The molecule has 0 aromatic heterocycles. The summed E-state index contributed by atoms with van der Waals surface area (Å²) in [4.78, 5) is 25.7. The van der Waals surface area contributed by atoms with E-state index in [9.17, 15) is 9.59 Å². The number of hydrogen-bond donors (Lipinski definition) is 0. The molecule has 4 heteroatoms. The quantitative estimate of drug-likeness (QED) is 0.573. The van der Waals surface area contributed by atoms with Gasteiger partial charge in [-0.25, -0.2) is 0 Å². The summed E-state index contributed by atoms with van der Waals surface area (Å²) in [5.41, 5.74) is 0. The SMILES string of the molecule is C=CC(=O)N1CCN(C(=O)CC)C1. The molecule has 0 aromatic rings. The molecular weight excluding hydrogens is 168 g/mol. The van der Waals surface area contributed by atoms with Gasteiger partial charge in [-0.05, 0) is 6.08 Å². The molecule has 2 amide bonds. The van der Waals surface area contributed by atoms with Crippen LogP contribution in [0.15, 0.2) is 12.7 Å². The molecule has 0 saturated carbocycles. The monoisotopic (exact) mass is 182 g/mol. The van der Waals surface area contributed by atoms with Crippen molar-refractivity contribution in [3.63, 3.8) is 0 Å². The Bertz CT molecular complexity index is 238. The minimum atomic E-state index is -0.105. The predicted molar refractivity (Wildman–Crippen MR) is 48.8 cm³/mol. The van der Waals surface area contributed by atoms with Crippen LogP contribution in [0.2, 0.25) is 0 Å². The van der Waals surface area contributed by atoms with E-state index in [1.807, 2.05) is 6.92 Å². The van der Waals surface area contributed by atoms with Gasteiger partial charge in [0.2, 0.25) is 11.8 Å². The van der Waals surface area contributed by atoms with Crippen LogP contribution in [0, 0.1) is 0 Å². The van der Waals surface area contributed by atoms with Gasteiger partial charge in [-0.15, -0.1) is 0 Å². The van der Waals surface area contributed by atoms with Gasteiger partial charge >= 0.3 is 0 Å². The van der Waals surface area contributed by atoms with Gasteiger partial charge in [-0.3, -0.25) is 9.59 Å². The molecule has 0 aromatic carbocycles. The molecular formula is C9H14N2O2. The van der Waals surface area contributed by atoms with Gasteiger partial charge in [-0.2, -0.15) is 0 Å². The van der Waals surface area contributed by atoms with Crippen LogP contribution < -0.4 is 0 Å². The summed E-state index contributed by atoms with van der Waals surface area (Å²) >= 11 is 0. The van der Waals surface area contributed by atoms with Crippen molar-refractivity contribution in [2.45, 2.75) is 13.3 Å². The van der Waals surface area contributed by atoms with Crippen molar-refractivity contribution < 1.29 is 9.59 Å². The fourth-order valence-electron chi connectivity index (χ4n) is 1.33. The van der Waals surface area contributed by atoms with Crippen molar-refractivity contribution in [2.75, 3.05) is 19.8 Å². The Kier molecular flexibility index (Phi) is 3.06. The molecule has 0 unspecified atom stereocenters. The third-order valence-corrected chi connectivity index (χ3v) is 2.12. The average Bonchev–Trinajstić information content (AvgIpc) is 2.64. The number of carbonyl (C=O) groups is 2. The van der Waals surface area contributed by atoms with Crippen molar-refractivity contribution in [1.82, 2.24) is 9.80 Å². The molecule has 0 spiro atoms. The fraction of sp³-hybridized carbons (Fsp3) is 0.556. The lowest BCUT2D eigenvalue weighted by Gasteiger charge is -2.16. The van der Waals surface area contributed by atoms with Crippen molar-refractivity contribution in [3.05, 3.63) is 12.7 Å². The number of carbonyl (C=O) groups excluding carboxylic acids is 2. The van der Waals surface area contributed by atoms with E-state index in [-0.39, 0.29) is 11.8 Å². The fourth-order valence-corrected chi connectivity index (χ4v) is 1.33. The molecule has 0 atom stereocenters. The summed E-state index contributed by atoms with van der Waals surface area (Å²) in [6, 6.07) is 0. The van der Waals surface area contributed by atoms with Crippen LogP contribution in [-0.2, 0) is 9.59 Å². The summed E-state index contributed by atoms with van der Waals surface area (Å²) < 4.78 is 0. The zero-order valence-corrected chi connectivity index (χ0v) is 7.82. The Morgan fingerprint density at radius 2 is 2.00 bits per heavy atom. The van der Waals surface area contributed by atoms with Gasteiger partial charge in [0, 0.05) is 19.5 Å². The molecule has 1 saturated heterocycles. The van der Waals surface area contributed by atoms with Crippen LogP contribution >= 0.6 is 0 Å². The Hall–Kier alpha value is -1.32. The molecule has 0 aliphatic carbocycles. The van der Waals surface area contributed by atoms with E-state index >= 15 is 0 Å². The van der Waals surface area contributed by atoms with E-state index in [0.717, 1.165) is 0 Å². The summed E-state index contributed by atoms with van der Waals surface area (Å²) in [6.07, 6.45) is 1.77. The highest BCUT2D eigenvalue weighted by Gasteiger charge is 2.24. The van der Waals surface area contributed by atoms with Crippen LogP contribution in [0.5, 0.6) is 0 Å². The van der Waals surface area contributed by atoms with Crippen LogP contribution in [0.3, 0.4) is 0 Å². The third-order valence-electron chi connectivity index (χ3n) is 2.12. The zero-order valence-electron chi connectivity index (χ0n) is 7.82. The minimum absolute atomic E-state index is 0.0966. The molecule has 4 nitrogen and oxygen atoms in total. The molecule has 1 aliphatic heterocycles. The first-order valence-corrected chi connectivity index (χ1v) is 4.38. The summed E-state index contributed by atoms with van der Waals surface area (Å²) in [7, 11) is 0. The smallest absolute Gasteiger partial charge is 0.247 e. The third kappa shape index (κ3) is 2.08. The minimum Gasteiger partial charge on any atom is -0.323 e. The average molecular weight is 182 g/mol. The predicted octanol–water partition coefficient (Wildman–Crippen LogP) is 0.211. The Morgan fingerprint density at radius 3 is 2.54 bits per heavy atom.